The van der Waals surface area contributed by atoms with E-state index in [1.165, 1.54) is 16.6 Å². The maximum Gasteiger partial charge on any atom is 0.251 e. The lowest BCUT2D eigenvalue weighted by Crippen LogP contribution is -2.34. The van der Waals surface area contributed by atoms with Crippen molar-refractivity contribution in [3.05, 3.63) is 70.8 Å². The summed E-state index contributed by atoms with van der Waals surface area (Å²) in [4.78, 5) is 33.9. The maximum absolute atomic E-state index is 13.4. The van der Waals surface area contributed by atoms with Crippen LogP contribution in [0.15, 0.2) is 63.9 Å². The van der Waals surface area contributed by atoms with Crippen molar-refractivity contribution in [2.24, 2.45) is 27.2 Å². The monoisotopic (exact) mass is 667 g/mol. The van der Waals surface area contributed by atoms with Gasteiger partial charge in [-0.15, -0.1) is 12.3 Å². The third kappa shape index (κ3) is 8.44. The minimum absolute atomic E-state index is 0.0882. The molecule has 1 aromatic carbocycles. The predicted octanol–water partition coefficient (Wildman–Crippen LogP) is 7.96. The smallest absolute Gasteiger partial charge is 0.251 e. The molecule has 0 bridgehead atoms. The number of nitrogens with zero attached hydrogens (tertiary/aromatic N) is 3. The van der Waals surface area contributed by atoms with E-state index in [-0.39, 0.29) is 29.6 Å². The zero-order valence-electron chi connectivity index (χ0n) is 31.2. The zero-order valence-corrected chi connectivity index (χ0v) is 31.2. The molecule has 1 aliphatic heterocycles. The molecule has 1 saturated carbocycles. The molecule has 4 unspecified atom stereocenters. The highest BCUT2D eigenvalue weighted by molar-refractivity contribution is 5.99. The van der Waals surface area contributed by atoms with Crippen molar-refractivity contribution in [3.63, 3.8) is 0 Å². The molecule has 8 nitrogen and oxygen atoms in total. The number of carbonyl (C=O) groups is 2. The van der Waals surface area contributed by atoms with E-state index in [4.69, 9.17) is 4.74 Å². The third-order valence-electron chi connectivity index (χ3n) is 9.90. The minimum Gasteiger partial charge on any atom is -0.497 e. The van der Waals surface area contributed by atoms with Gasteiger partial charge in [-0.3, -0.25) is 19.6 Å². The molecule has 2 amide bonds. The molecule has 3 aliphatic rings. The average Bonchev–Trinajstić information content (AvgIpc) is 3.77. The van der Waals surface area contributed by atoms with Gasteiger partial charge >= 0.3 is 0 Å². The average molecular weight is 668 g/mol. The first-order chi connectivity index (χ1) is 23.5. The number of aromatic nitrogens is 1. The van der Waals surface area contributed by atoms with Gasteiger partial charge in [0.2, 0.25) is 5.91 Å². The summed E-state index contributed by atoms with van der Waals surface area (Å²) in [7, 11) is 5.13. The summed E-state index contributed by atoms with van der Waals surface area (Å²) in [5.74, 6) is 4.23. The van der Waals surface area contributed by atoms with Gasteiger partial charge in [-0.05, 0) is 107 Å². The van der Waals surface area contributed by atoms with Crippen molar-refractivity contribution in [1.29, 1.82) is 0 Å². The Morgan fingerprint density at radius 1 is 1.18 bits per heavy atom. The highest BCUT2D eigenvalue weighted by atomic mass is 16.5. The first kappa shape index (κ1) is 39.1. The van der Waals surface area contributed by atoms with E-state index in [2.05, 4.69) is 82.4 Å². The zero-order chi connectivity index (χ0) is 36.3. The van der Waals surface area contributed by atoms with Crippen molar-refractivity contribution in [3.8, 4) is 12.3 Å². The number of fused-ring (bicyclic) bond motifs is 7. The Kier molecular flexibility index (Phi) is 14.2. The fraction of sp³-hybridized carbons (Fsp3) is 0.512. The number of methoxy groups -OCH3 is 1. The number of terminal acetylenes is 1. The molecule has 2 aliphatic carbocycles. The number of nitrogens with one attached hydrogen (secondary N) is 2. The summed E-state index contributed by atoms with van der Waals surface area (Å²) >= 11 is 0. The molecule has 2 heterocycles. The molecular weight excluding hydrogens is 610 g/mol. The Labute approximate surface area is 294 Å². The van der Waals surface area contributed by atoms with E-state index in [0.717, 1.165) is 61.3 Å². The van der Waals surface area contributed by atoms with Crippen molar-refractivity contribution in [1.82, 2.24) is 15.2 Å². The van der Waals surface area contributed by atoms with Gasteiger partial charge < -0.3 is 19.9 Å². The van der Waals surface area contributed by atoms with Crippen LogP contribution in [0, 0.1) is 29.6 Å². The molecule has 2 N–H and O–H groups in total. The van der Waals surface area contributed by atoms with E-state index in [1.807, 2.05) is 39.0 Å². The fourth-order valence-electron chi connectivity index (χ4n) is 7.75. The highest BCUT2D eigenvalue weighted by Crippen LogP contribution is 2.65. The Hall–Kier alpha value is -4.38. The standard InChI is InChI=1S/C30H39N3O3.C8H14N2.C3H4/c1-6-8-18(9-7-2)26-22-12-10-19(28(34)31-3)14-25(22)33-17-30(29(35)32-4)16-24(30)23-15-20(36-5)11-13-21(23)27(26)33;1-5-10-8(3)6-7(2)9-4;1-3-2/h10-15,18,21,23-24H,6-9,16-17H2,1-5H3,(H,31,34)(H,32,35);6H,4-5H2,1-3H3;1H,2H3/b;7-6-,10-8?;. The van der Waals surface area contributed by atoms with Gasteiger partial charge in [0.25, 0.3) is 5.91 Å². The number of allylic oxidation sites excluding steroid dienone is 5. The normalized spacial score (nSPS) is 22.0. The third-order valence-corrected chi connectivity index (χ3v) is 9.90. The second-order valence-electron chi connectivity index (χ2n) is 13.1. The Morgan fingerprint density at radius 2 is 1.86 bits per heavy atom. The number of carbonyl (C=O) groups excluding carboxylic acids is 2. The van der Waals surface area contributed by atoms with E-state index < -0.39 is 5.41 Å². The van der Waals surface area contributed by atoms with Crippen LogP contribution in [0.3, 0.4) is 0 Å². The molecule has 0 radical (unpaired) electrons. The van der Waals surface area contributed by atoms with Gasteiger partial charge in [0.1, 0.15) is 5.76 Å². The molecule has 1 fully saturated rings. The molecule has 0 saturated heterocycles. The van der Waals surface area contributed by atoms with E-state index in [9.17, 15) is 9.59 Å². The van der Waals surface area contributed by atoms with Crippen molar-refractivity contribution >= 4 is 35.1 Å². The number of hydrogen-bond donors (Lipinski definition) is 2. The van der Waals surface area contributed by atoms with Crippen LogP contribution in [0.5, 0.6) is 0 Å². The SMILES string of the molecule is C#CC.C=N/C(C)=C\C(C)=NCC.CCCC(CCC)c1c2n(c3cc(C(=O)NC)ccc13)CC1(C(=O)NC)CC1C1C=C(OC)C=CC21. The highest BCUT2D eigenvalue weighted by Gasteiger charge is 2.65. The molecule has 0 spiro atoms. The first-order valence-corrected chi connectivity index (χ1v) is 17.6. The van der Waals surface area contributed by atoms with Gasteiger partial charge in [-0.1, -0.05) is 38.8 Å². The van der Waals surface area contributed by atoms with Gasteiger partial charge in [0.15, 0.2) is 0 Å². The lowest BCUT2D eigenvalue weighted by atomic mass is 9.77. The fourth-order valence-corrected chi connectivity index (χ4v) is 7.75. The summed E-state index contributed by atoms with van der Waals surface area (Å²) in [5.41, 5.74) is 5.95. The molecule has 8 heteroatoms. The Morgan fingerprint density at radius 3 is 2.41 bits per heavy atom. The van der Waals surface area contributed by atoms with Crippen LogP contribution in [0.4, 0.5) is 0 Å². The number of benzene rings is 1. The van der Waals surface area contributed by atoms with Gasteiger partial charge in [-0.2, -0.15) is 0 Å². The second kappa shape index (κ2) is 17.9. The lowest BCUT2D eigenvalue weighted by molar-refractivity contribution is -0.127. The lowest BCUT2D eigenvalue weighted by Gasteiger charge is -2.28. The molecule has 5 rings (SSSR count). The van der Waals surface area contributed by atoms with Gasteiger partial charge in [-0.25, -0.2) is 0 Å². The van der Waals surface area contributed by atoms with Crippen LogP contribution >= 0.6 is 0 Å². The summed E-state index contributed by atoms with van der Waals surface area (Å²) in [6, 6.07) is 6.13. The molecule has 264 valence electrons. The van der Waals surface area contributed by atoms with Crippen molar-refractivity contribution in [2.45, 2.75) is 92.0 Å². The van der Waals surface area contributed by atoms with Crippen LogP contribution in [0.1, 0.15) is 107 Å². The van der Waals surface area contributed by atoms with Crippen molar-refractivity contribution < 1.29 is 14.3 Å². The molecule has 2 aromatic rings. The number of aliphatic imine (C=N–C) groups is 2. The number of ether oxygens (including phenoxy) is 1. The van der Waals surface area contributed by atoms with Crippen LogP contribution in [0.2, 0.25) is 0 Å². The van der Waals surface area contributed by atoms with Gasteiger partial charge in [0, 0.05) is 66.7 Å². The molecular formula is C41H57N5O3. The predicted molar refractivity (Wildman–Crippen MR) is 204 cm³/mol. The molecule has 1 aromatic heterocycles. The summed E-state index contributed by atoms with van der Waals surface area (Å²) < 4.78 is 8.05. The summed E-state index contributed by atoms with van der Waals surface area (Å²) in [6.07, 6.45) is 18.5. The maximum atomic E-state index is 13.4. The van der Waals surface area contributed by atoms with E-state index in [0.29, 0.717) is 18.0 Å². The number of amides is 2. The summed E-state index contributed by atoms with van der Waals surface area (Å²) in [6.45, 7) is 16.9. The second-order valence-corrected chi connectivity index (χ2v) is 13.1. The first-order valence-electron chi connectivity index (χ1n) is 17.6. The van der Waals surface area contributed by atoms with Crippen LogP contribution in [0.25, 0.3) is 10.9 Å². The van der Waals surface area contributed by atoms with Crippen LogP contribution < -0.4 is 10.6 Å². The minimum atomic E-state index is -0.444. The van der Waals surface area contributed by atoms with E-state index in [1.54, 1.807) is 28.1 Å². The molecule has 49 heavy (non-hydrogen) atoms. The van der Waals surface area contributed by atoms with E-state index >= 15 is 0 Å². The quantitative estimate of drug-likeness (QED) is 0.188. The van der Waals surface area contributed by atoms with Crippen molar-refractivity contribution in [2.75, 3.05) is 27.7 Å². The Balaban J connectivity index is 0.000000427. The largest absolute Gasteiger partial charge is 0.497 e. The van der Waals surface area contributed by atoms with Crippen LogP contribution in [-0.4, -0.2) is 56.6 Å². The molecule has 4 atom stereocenters. The Bertz CT molecular complexity index is 1660. The number of rotatable bonds is 11. The summed E-state index contributed by atoms with van der Waals surface area (Å²) in [5, 5.41) is 6.96. The number of hydrogen-bond acceptors (Lipinski definition) is 5. The van der Waals surface area contributed by atoms with Crippen LogP contribution in [-0.2, 0) is 16.1 Å². The topological polar surface area (TPSA) is 97.1 Å². The van der Waals surface area contributed by atoms with Gasteiger partial charge in [0.05, 0.1) is 12.5 Å².